The van der Waals surface area contributed by atoms with Crippen LogP contribution < -0.4 is 0 Å². The lowest BCUT2D eigenvalue weighted by Crippen LogP contribution is -2.23. The van der Waals surface area contributed by atoms with Gasteiger partial charge in [0.05, 0.1) is 17.8 Å². The number of carboxylic acid groups (broad SMARTS) is 1. The molecular formula is C22H21ClN2O3. The minimum atomic E-state index is -0.903. The first kappa shape index (κ1) is 18.7. The number of nitrogens with zero attached hydrogens (tertiary/aromatic N) is 2. The van der Waals surface area contributed by atoms with E-state index in [0.29, 0.717) is 18.5 Å². The summed E-state index contributed by atoms with van der Waals surface area (Å²) < 4.78 is 6.05. The molecule has 0 spiro atoms. The maximum Gasteiger partial charge on any atom is 0.335 e. The molecule has 1 saturated heterocycles. The third kappa shape index (κ3) is 4.26. The van der Waals surface area contributed by atoms with Crippen LogP contribution in [0, 0.1) is 0 Å². The number of hydrogen-bond acceptors (Lipinski definition) is 4. The number of rotatable bonds is 6. The van der Waals surface area contributed by atoms with E-state index in [1.54, 1.807) is 24.4 Å². The first-order valence-electron chi connectivity index (χ1n) is 9.34. The van der Waals surface area contributed by atoms with Gasteiger partial charge < -0.3 is 9.52 Å². The van der Waals surface area contributed by atoms with E-state index in [1.165, 1.54) is 0 Å². The summed E-state index contributed by atoms with van der Waals surface area (Å²) in [6, 6.07) is 14.9. The van der Waals surface area contributed by atoms with Gasteiger partial charge in [0.15, 0.2) is 0 Å². The van der Waals surface area contributed by atoms with Crippen LogP contribution in [0.3, 0.4) is 0 Å². The summed E-state index contributed by atoms with van der Waals surface area (Å²) in [5, 5.41) is 9.91. The Hall–Kier alpha value is -2.63. The molecule has 2 heterocycles. The number of carboxylic acids is 1. The van der Waals surface area contributed by atoms with Gasteiger partial charge in [0.1, 0.15) is 5.76 Å². The maximum absolute atomic E-state index is 11.2. The van der Waals surface area contributed by atoms with Crippen LogP contribution in [-0.2, 0) is 13.0 Å². The molecule has 0 bridgehead atoms. The zero-order valence-electron chi connectivity index (χ0n) is 15.3. The lowest BCUT2D eigenvalue weighted by Gasteiger charge is -2.22. The molecular weight excluding hydrogens is 376 g/mol. The van der Waals surface area contributed by atoms with Gasteiger partial charge in [0.2, 0.25) is 5.89 Å². The molecule has 1 aliphatic rings. The summed E-state index contributed by atoms with van der Waals surface area (Å²) in [5.41, 5.74) is 2.43. The fourth-order valence-corrected chi connectivity index (χ4v) is 3.82. The number of oxazole rings is 1. The number of halogens is 1. The highest BCUT2D eigenvalue weighted by atomic mass is 35.5. The Morgan fingerprint density at radius 1 is 1.21 bits per heavy atom. The van der Waals surface area contributed by atoms with Gasteiger partial charge in [-0.3, -0.25) is 4.90 Å². The van der Waals surface area contributed by atoms with Gasteiger partial charge in [-0.25, -0.2) is 9.78 Å². The first-order chi connectivity index (χ1) is 13.6. The highest BCUT2D eigenvalue weighted by Crippen LogP contribution is 2.33. The van der Waals surface area contributed by atoms with E-state index in [-0.39, 0.29) is 6.04 Å². The van der Waals surface area contributed by atoms with Crippen LogP contribution in [0.1, 0.15) is 52.0 Å². The fourth-order valence-electron chi connectivity index (χ4n) is 3.69. The van der Waals surface area contributed by atoms with Gasteiger partial charge in [-0.1, -0.05) is 35.9 Å². The van der Waals surface area contributed by atoms with Gasteiger partial charge in [0, 0.05) is 18.0 Å². The molecule has 1 fully saturated rings. The normalized spacial score (nSPS) is 17.1. The molecule has 3 aromatic rings. The monoisotopic (exact) mass is 396 g/mol. The van der Waals surface area contributed by atoms with E-state index >= 15 is 0 Å². The summed E-state index contributed by atoms with van der Waals surface area (Å²) in [4.78, 5) is 18.0. The van der Waals surface area contributed by atoms with Crippen LogP contribution in [-0.4, -0.2) is 27.5 Å². The second-order valence-corrected chi connectivity index (χ2v) is 7.54. The van der Waals surface area contributed by atoms with Crippen LogP contribution in [0.25, 0.3) is 0 Å². The van der Waals surface area contributed by atoms with Crippen LogP contribution >= 0.6 is 11.6 Å². The summed E-state index contributed by atoms with van der Waals surface area (Å²) in [7, 11) is 0. The van der Waals surface area contributed by atoms with E-state index in [4.69, 9.17) is 16.0 Å². The molecule has 2 aromatic carbocycles. The largest absolute Gasteiger partial charge is 0.478 e. The van der Waals surface area contributed by atoms with Crippen LogP contribution in [0.5, 0.6) is 0 Å². The van der Waals surface area contributed by atoms with E-state index < -0.39 is 5.97 Å². The Morgan fingerprint density at radius 3 is 2.82 bits per heavy atom. The van der Waals surface area contributed by atoms with Crippen molar-refractivity contribution in [1.29, 1.82) is 0 Å². The van der Waals surface area contributed by atoms with Crippen LogP contribution in [0.15, 0.2) is 59.1 Å². The predicted molar refractivity (Wildman–Crippen MR) is 107 cm³/mol. The molecule has 0 amide bonds. The summed E-state index contributed by atoms with van der Waals surface area (Å²) in [6.07, 6.45) is 4.53. The van der Waals surface area contributed by atoms with Crippen molar-refractivity contribution < 1.29 is 14.3 Å². The van der Waals surface area contributed by atoms with Crippen molar-refractivity contribution >= 4 is 17.6 Å². The van der Waals surface area contributed by atoms with Gasteiger partial charge in [-0.15, -0.1) is 0 Å². The van der Waals surface area contributed by atoms with Crippen molar-refractivity contribution in [3.05, 3.63) is 88.1 Å². The third-order valence-electron chi connectivity index (χ3n) is 5.07. The van der Waals surface area contributed by atoms with E-state index in [9.17, 15) is 9.90 Å². The maximum atomic E-state index is 11.2. The van der Waals surface area contributed by atoms with E-state index in [1.807, 2.05) is 30.3 Å². The first-order valence-corrected chi connectivity index (χ1v) is 9.71. The van der Waals surface area contributed by atoms with E-state index in [2.05, 4.69) is 9.88 Å². The number of aromatic carboxylic acids is 1. The van der Waals surface area contributed by atoms with Crippen molar-refractivity contribution in [3.8, 4) is 0 Å². The molecule has 4 rings (SSSR count). The molecule has 1 aromatic heterocycles. The Bertz CT molecular complexity index is 968. The third-order valence-corrected chi connectivity index (χ3v) is 5.32. The molecule has 0 aliphatic carbocycles. The molecule has 5 nitrogen and oxygen atoms in total. The molecule has 28 heavy (non-hydrogen) atoms. The fraction of sp³-hybridized carbons (Fsp3) is 0.273. The van der Waals surface area contributed by atoms with Crippen molar-refractivity contribution in [2.45, 2.75) is 31.8 Å². The molecule has 1 N–H and O–H groups in total. The molecule has 6 heteroatoms. The predicted octanol–water partition coefficient (Wildman–Crippen LogP) is 4.95. The molecule has 0 unspecified atom stereocenters. The average Bonchev–Trinajstić information content (AvgIpc) is 3.33. The Labute approximate surface area is 168 Å². The number of aromatic nitrogens is 1. The quantitative estimate of drug-likeness (QED) is 0.638. The Balaban J connectivity index is 1.46. The van der Waals surface area contributed by atoms with Crippen molar-refractivity contribution in [3.63, 3.8) is 0 Å². The van der Waals surface area contributed by atoms with Crippen molar-refractivity contribution in [1.82, 2.24) is 9.88 Å². The van der Waals surface area contributed by atoms with Gasteiger partial charge in [-0.05, 0) is 54.8 Å². The minimum absolute atomic E-state index is 0.118. The second-order valence-electron chi connectivity index (χ2n) is 7.10. The number of likely N-dealkylation sites (tertiary alicyclic amines) is 1. The molecule has 144 valence electrons. The minimum Gasteiger partial charge on any atom is -0.478 e. The Kier molecular flexibility index (Phi) is 5.46. The lowest BCUT2D eigenvalue weighted by molar-refractivity contribution is 0.0696. The highest BCUT2D eigenvalue weighted by molar-refractivity contribution is 6.30. The van der Waals surface area contributed by atoms with Crippen LogP contribution in [0.4, 0.5) is 0 Å². The summed E-state index contributed by atoms with van der Waals surface area (Å²) in [6.45, 7) is 1.62. The molecule has 0 radical (unpaired) electrons. The summed E-state index contributed by atoms with van der Waals surface area (Å²) >= 11 is 5.94. The molecule has 0 saturated carbocycles. The lowest BCUT2D eigenvalue weighted by atomic mass is 10.1. The van der Waals surface area contributed by atoms with Gasteiger partial charge in [-0.2, -0.15) is 0 Å². The van der Waals surface area contributed by atoms with E-state index in [0.717, 1.165) is 47.2 Å². The Morgan fingerprint density at radius 2 is 2.04 bits per heavy atom. The zero-order valence-corrected chi connectivity index (χ0v) is 16.1. The second kappa shape index (κ2) is 8.17. The number of carbonyl (C=O) groups is 1. The average molecular weight is 397 g/mol. The number of benzene rings is 2. The standard InChI is InChI=1S/C22H21ClN2O3/c23-18-8-6-15(7-9-18)12-19-13-24-21(28-19)20-5-2-10-25(20)14-16-3-1-4-17(11-16)22(26)27/h1,3-4,6-9,11,13,20H,2,5,10,12,14H2,(H,26,27)/t20-/m0/s1. The van der Waals surface area contributed by atoms with Gasteiger partial charge in [0.25, 0.3) is 0 Å². The van der Waals surface area contributed by atoms with Crippen LogP contribution in [0.2, 0.25) is 5.02 Å². The topological polar surface area (TPSA) is 66.6 Å². The SMILES string of the molecule is O=C(O)c1cccc(CN2CCC[C@H]2c2ncc(Cc3ccc(Cl)cc3)o2)c1. The smallest absolute Gasteiger partial charge is 0.335 e. The van der Waals surface area contributed by atoms with Crippen molar-refractivity contribution in [2.24, 2.45) is 0 Å². The summed E-state index contributed by atoms with van der Waals surface area (Å²) in [5.74, 6) is 0.660. The highest BCUT2D eigenvalue weighted by Gasteiger charge is 2.30. The zero-order chi connectivity index (χ0) is 19.5. The molecule has 1 aliphatic heterocycles. The molecule has 1 atom stereocenters. The van der Waals surface area contributed by atoms with Crippen molar-refractivity contribution in [2.75, 3.05) is 6.54 Å². The number of hydrogen-bond donors (Lipinski definition) is 1. The van der Waals surface area contributed by atoms with Gasteiger partial charge >= 0.3 is 5.97 Å².